The number of nitrogens with one attached hydrogen (secondary N) is 2. The van der Waals surface area contributed by atoms with E-state index >= 15 is 0 Å². The molecule has 5 nitrogen and oxygen atoms in total. The van der Waals surface area contributed by atoms with Crippen molar-refractivity contribution in [2.24, 2.45) is 5.92 Å². The predicted octanol–water partition coefficient (Wildman–Crippen LogP) is 4.34. The maximum absolute atomic E-state index is 12.2. The van der Waals surface area contributed by atoms with Gasteiger partial charge >= 0.3 is 0 Å². The topological polar surface area (TPSA) is 59.6 Å². The van der Waals surface area contributed by atoms with E-state index in [4.69, 9.17) is 9.47 Å². The lowest BCUT2D eigenvalue weighted by Gasteiger charge is -2.11. The van der Waals surface area contributed by atoms with Gasteiger partial charge in [0.2, 0.25) is 5.91 Å². The van der Waals surface area contributed by atoms with Crippen LogP contribution in [0.5, 0.6) is 11.5 Å². The fourth-order valence-electron chi connectivity index (χ4n) is 2.51. The van der Waals surface area contributed by atoms with Gasteiger partial charge in [-0.3, -0.25) is 4.79 Å². The van der Waals surface area contributed by atoms with Crippen LogP contribution in [-0.2, 0) is 11.2 Å². The molecule has 0 aliphatic rings. The van der Waals surface area contributed by atoms with Crippen molar-refractivity contribution in [3.63, 3.8) is 0 Å². The summed E-state index contributed by atoms with van der Waals surface area (Å²) in [7, 11) is 3.21. The minimum Gasteiger partial charge on any atom is -0.493 e. The predicted molar refractivity (Wildman–Crippen MR) is 106 cm³/mol. The van der Waals surface area contributed by atoms with E-state index in [1.165, 1.54) is 0 Å². The van der Waals surface area contributed by atoms with Gasteiger partial charge in [-0.2, -0.15) is 0 Å². The van der Waals surface area contributed by atoms with E-state index in [1.807, 2.05) is 42.5 Å². The Balaban J connectivity index is 1.85. The molecule has 0 radical (unpaired) electrons. The van der Waals surface area contributed by atoms with E-state index in [2.05, 4.69) is 24.5 Å². The molecule has 0 saturated carbocycles. The summed E-state index contributed by atoms with van der Waals surface area (Å²) in [5.74, 6) is 1.94. The third-order valence-electron chi connectivity index (χ3n) is 3.97. The zero-order chi connectivity index (χ0) is 18.9. The van der Waals surface area contributed by atoms with Crippen molar-refractivity contribution >= 4 is 17.3 Å². The van der Waals surface area contributed by atoms with E-state index < -0.39 is 0 Å². The molecule has 2 aromatic carbocycles. The van der Waals surface area contributed by atoms with Crippen LogP contribution in [0.1, 0.15) is 25.8 Å². The third-order valence-corrected chi connectivity index (χ3v) is 3.97. The lowest BCUT2D eigenvalue weighted by molar-refractivity contribution is -0.116. The molecular weight excluding hydrogens is 328 g/mol. The number of benzene rings is 2. The summed E-state index contributed by atoms with van der Waals surface area (Å²) >= 11 is 0. The van der Waals surface area contributed by atoms with Gasteiger partial charge < -0.3 is 20.1 Å². The van der Waals surface area contributed by atoms with E-state index in [1.54, 1.807) is 14.2 Å². The van der Waals surface area contributed by atoms with Crippen molar-refractivity contribution in [3.05, 3.63) is 48.0 Å². The molecule has 26 heavy (non-hydrogen) atoms. The van der Waals surface area contributed by atoms with Gasteiger partial charge in [0.25, 0.3) is 0 Å². The Bertz CT molecular complexity index is 712. The summed E-state index contributed by atoms with van der Waals surface area (Å²) in [5, 5.41) is 6.29. The Morgan fingerprint density at radius 1 is 0.962 bits per heavy atom. The van der Waals surface area contributed by atoms with Crippen LogP contribution in [0.4, 0.5) is 11.4 Å². The summed E-state index contributed by atoms with van der Waals surface area (Å²) in [6, 6.07) is 13.5. The molecule has 0 aliphatic carbocycles. The largest absolute Gasteiger partial charge is 0.493 e. The second-order valence-electron chi connectivity index (χ2n) is 6.59. The number of aryl methyl sites for hydroxylation is 1. The molecule has 2 aromatic rings. The number of carbonyl (C=O) groups excluding carboxylic acids is 1. The van der Waals surface area contributed by atoms with Crippen LogP contribution < -0.4 is 20.1 Å². The first-order valence-corrected chi connectivity index (χ1v) is 8.86. The summed E-state index contributed by atoms with van der Waals surface area (Å²) in [6.07, 6.45) is 1.04. The first-order valence-electron chi connectivity index (χ1n) is 8.86. The van der Waals surface area contributed by atoms with E-state index in [-0.39, 0.29) is 5.91 Å². The van der Waals surface area contributed by atoms with Gasteiger partial charge in [0.15, 0.2) is 11.5 Å². The number of amides is 1. The molecule has 2 rings (SSSR count). The van der Waals surface area contributed by atoms with Crippen molar-refractivity contribution in [3.8, 4) is 11.5 Å². The molecular formula is C21H28N2O3. The van der Waals surface area contributed by atoms with E-state index in [0.717, 1.165) is 23.5 Å². The Morgan fingerprint density at radius 3 is 2.23 bits per heavy atom. The van der Waals surface area contributed by atoms with E-state index in [0.29, 0.717) is 30.3 Å². The minimum absolute atomic E-state index is 0.0114. The molecule has 0 heterocycles. The Labute approximate surface area is 155 Å². The summed E-state index contributed by atoms with van der Waals surface area (Å²) in [5.41, 5.74) is 2.89. The fourth-order valence-corrected chi connectivity index (χ4v) is 2.51. The maximum Gasteiger partial charge on any atom is 0.224 e. The van der Waals surface area contributed by atoms with Crippen molar-refractivity contribution in [2.45, 2.75) is 26.7 Å². The average molecular weight is 356 g/mol. The van der Waals surface area contributed by atoms with Crippen LogP contribution in [0.25, 0.3) is 0 Å². The van der Waals surface area contributed by atoms with Crippen LogP contribution >= 0.6 is 0 Å². The van der Waals surface area contributed by atoms with Gasteiger partial charge in [0.1, 0.15) is 0 Å². The molecule has 0 saturated heterocycles. The van der Waals surface area contributed by atoms with Crippen molar-refractivity contribution < 1.29 is 14.3 Å². The lowest BCUT2D eigenvalue weighted by Crippen LogP contribution is -2.12. The molecule has 0 spiro atoms. The highest BCUT2D eigenvalue weighted by atomic mass is 16.5. The quantitative estimate of drug-likeness (QED) is 0.701. The van der Waals surface area contributed by atoms with E-state index in [9.17, 15) is 4.79 Å². The first kappa shape index (κ1) is 19.6. The number of anilines is 2. The second-order valence-corrected chi connectivity index (χ2v) is 6.59. The van der Waals surface area contributed by atoms with Crippen LogP contribution in [0, 0.1) is 5.92 Å². The fraction of sp³-hybridized carbons (Fsp3) is 0.381. The monoisotopic (exact) mass is 356 g/mol. The normalized spacial score (nSPS) is 10.5. The van der Waals surface area contributed by atoms with Crippen LogP contribution in [0.15, 0.2) is 42.5 Å². The Kier molecular flexibility index (Phi) is 7.33. The molecule has 2 N–H and O–H groups in total. The second kappa shape index (κ2) is 9.70. The van der Waals surface area contributed by atoms with Gasteiger partial charge in [-0.1, -0.05) is 19.9 Å². The zero-order valence-corrected chi connectivity index (χ0v) is 16.0. The number of methoxy groups -OCH3 is 2. The van der Waals surface area contributed by atoms with Crippen molar-refractivity contribution in [1.82, 2.24) is 0 Å². The van der Waals surface area contributed by atoms with Crippen molar-refractivity contribution in [2.75, 3.05) is 31.4 Å². The van der Waals surface area contributed by atoms with Gasteiger partial charge in [-0.15, -0.1) is 0 Å². The highest BCUT2D eigenvalue weighted by molar-refractivity contribution is 5.91. The third kappa shape index (κ3) is 5.99. The zero-order valence-electron chi connectivity index (χ0n) is 16.0. The summed E-state index contributed by atoms with van der Waals surface area (Å²) < 4.78 is 10.5. The van der Waals surface area contributed by atoms with Gasteiger partial charge in [-0.05, 0) is 54.3 Å². The highest BCUT2D eigenvalue weighted by Crippen LogP contribution is 2.28. The Hall–Kier alpha value is -2.69. The van der Waals surface area contributed by atoms with Crippen LogP contribution in [0.2, 0.25) is 0 Å². The molecule has 5 heteroatoms. The maximum atomic E-state index is 12.2. The van der Waals surface area contributed by atoms with Crippen molar-refractivity contribution in [1.29, 1.82) is 0 Å². The molecule has 0 aliphatic heterocycles. The molecule has 0 atom stereocenters. The first-order chi connectivity index (χ1) is 12.5. The number of ether oxygens (including phenoxy) is 2. The molecule has 0 bridgehead atoms. The lowest BCUT2D eigenvalue weighted by atomic mass is 10.1. The summed E-state index contributed by atoms with van der Waals surface area (Å²) in [4.78, 5) is 12.2. The van der Waals surface area contributed by atoms with Crippen LogP contribution in [0.3, 0.4) is 0 Å². The van der Waals surface area contributed by atoms with Gasteiger partial charge in [0, 0.05) is 24.3 Å². The molecule has 0 fully saturated rings. The number of hydrogen-bond donors (Lipinski definition) is 2. The standard InChI is InChI=1S/C21H28N2O3/c1-15(2)14-22-17-7-9-18(10-8-17)23-21(24)12-6-16-5-11-19(25-3)20(13-16)26-4/h5,7-11,13,15,22H,6,12,14H2,1-4H3,(H,23,24). The minimum atomic E-state index is -0.0114. The van der Waals surface area contributed by atoms with Crippen LogP contribution in [-0.4, -0.2) is 26.7 Å². The molecule has 0 aromatic heterocycles. The molecule has 0 unspecified atom stereocenters. The van der Waals surface area contributed by atoms with Gasteiger partial charge in [-0.25, -0.2) is 0 Å². The Morgan fingerprint density at radius 2 is 1.62 bits per heavy atom. The van der Waals surface area contributed by atoms with Gasteiger partial charge in [0.05, 0.1) is 14.2 Å². The number of rotatable bonds is 9. The SMILES string of the molecule is COc1ccc(CCC(=O)Nc2ccc(NCC(C)C)cc2)cc1OC. The average Bonchev–Trinajstić information content (AvgIpc) is 2.65. The molecule has 1 amide bonds. The highest BCUT2D eigenvalue weighted by Gasteiger charge is 2.07. The number of hydrogen-bond acceptors (Lipinski definition) is 4. The smallest absolute Gasteiger partial charge is 0.224 e. The number of carbonyl (C=O) groups is 1. The molecule has 140 valence electrons. The summed E-state index contributed by atoms with van der Waals surface area (Å²) in [6.45, 7) is 5.26.